The van der Waals surface area contributed by atoms with Crippen LogP contribution in [-0.4, -0.2) is 21.7 Å². The van der Waals surface area contributed by atoms with Crippen LogP contribution in [0, 0.1) is 20.8 Å². The van der Waals surface area contributed by atoms with E-state index in [1.54, 1.807) is 6.07 Å². The number of benzene rings is 2. The highest BCUT2D eigenvalue weighted by molar-refractivity contribution is 6.30. The molecule has 5 rings (SSSR count). The van der Waals surface area contributed by atoms with Crippen molar-refractivity contribution in [2.75, 3.05) is 16.8 Å². The molecule has 8 heteroatoms. The van der Waals surface area contributed by atoms with Gasteiger partial charge in [-0.3, -0.25) is 0 Å². The monoisotopic (exact) mass is 475 g/mol. The third kappa shape index (κ3) is 4.70. The molecule has 1 unspecified atom stereocenters. The number of fused-ring (bicyclic) bond motifs is 1. The summed E-state index contributed by atoms with van der Waals surface area (Å²) in [4.78, 5) is 11.6. The Labute approximate surface area is 203 Å². The molecule has 1 N–H and O–H groups in total. The fraction of sp³-hybridized carbons (Fsp3) is 0.269. The quantitative estimate of drug-likeness (QED) is 0.345. The molecule has 7 nitrogen and oxygen atoms in total. The van der Waals surface area contributed by atoms with Crippen molar-refractivity contribution in [3.8, 4) is 11.5 Å². The standard InChI is InChI=1S/C26H26ClN5O2/c1-16-24(17(2)34-31-16)15-32-11-10-25(23-14-28-18(3)29-26(23)32)30-20-7-5-9-22(13-20)33-21-8-4-6-19(27)12-21/h4-9,12-14,25,30H,10-11,15H2,1-3H3. The van der Waals surface area contributed by atoms with E-state index >= 15 is 0 Å². The molecule has 0 aliphatic carbocycles. The Kier molecular flexibility index (Phi) is 6.11. The van der Waals surface area contributed by atoms with Crippen molar-refractivity contribution in [3.63, 3.8) is 0 Å². The molecule has 0 spiro atoms. The van der Waals surface area contributed by atoms with E-state index in [0.29, 0.717) is 17.3 Å². The van der Waals surface area contributed by atoms with E-state index in [9.17, 15) is 0 Å². The van der Waals surface area contributed by atoms with Gasteiger partial charge in [0.15, 0.2) is 0 Å². The van der Waals surface area contributed by atoms with E-state index < -0.39 is 0 Å². The van der Waals surface area contributed by atoms with Crippen molar-refractivity contribution < 1.29 is 9.26 Å². The number of hydrogen-bond donors (Lipinski definition) is 1. The molecule has 34 heavy (non-hydrogen) atoms. The lowest BCUT2D eigenvalue weighted by atomic mass is 9.99. The molecule has 1 aliphatic heterocycles. The highest BCUT2D eigenvalue weighted by Crippen LogP contribution is 2.36. The van der Waals surface area contributed by atoms with Crippen LogP contribution in [0.5, 0.6) is 11.5 Å². The number of ether oxygens (including phenoxy) is 1. The van der Waals surface area contributed by atoms with Gasteiger partial charge in [0.05, 0.1) is 11.7 Å². The first kappa shape index (κ1) is 22.2. The maximum Gasteiger partial charge on any atom is 0.138 e. The predicted octanol–water partition coefficient (Wildman–Crippen LogP) is 6.40. The van der Waals surface area contributed by atoms with Crippen molar-refractivity contribution in [1.29, 1.82) is 0 Å². The summed E-state index contributed by atoms with van der Waals surface area (Å²) in [5.74, 6) is 3.99. The molecule has 4 aromatic rings. The number of nitrogens with zero attached hydrogens (tertiary/aromatic N) is 4. The van der Waals surface area contributed by atoms with Crippen LogP contribution in [0.25, 0.3) is 0 Å². The van der Waals surface area contributed by atoms with E-state index in [2.05, 4.69) is 20.4 Å². The second-order valence-electron chi connectivity index (χ2n) is 8.49. The molecule has 174 valence electrons. The zero-order valence-corrected chi connectivity index (χ0v) is 20.1. The van der Waals surface area contributed by atoms with Gasteiger partial charge in [-0.1, -0.05) is 28.9 Å². The summed E-state index contributed by atoms with van der Waals surface area (Å²) >= 11 is 6.09. The first-order valence-corrected chi connectivity index (χ1v) is 11.6. The van der Waals surface area contributed by atoms with E-state index in [1.807, 2.05) is 69.4 Å². The lowest BCUT2D eigenvalue weighted by Gasteiger charge is -2.35. The number of aromatic nitrogens is 3. The lowest BCUT2D eigenvalue weighted by Crippen LogP contribution is -2.34. The molecule has 0 saturated heterocycles. The summed E-state index contributed by atoms with van der Waals surface area (Å²) in [5.41, 5.74) is 4.07. The Morgan fingerprint density at radius 3 is 2.68 bits per heavy atom. The molecular weight excluding hydrogens is 450 g/mol. The Morgan fingerprint density at radius 2 is 1.91 bits per heavy atom. The summed E-state index contributed by atoms with van der Waals surface area (Å²) in [5, 5.41) is 8.40. The summed E-state index contributed by atoms with van der Waals surface area (Å²) < 4.78 is 11.4. The number of nitrogens with one attached hydrogen (secondary N) is 1. The first-order valence-electron chi connectivity index (χ1n) is 11.3. The fourth-order valence-electron chi connectivity index (χ4n) is 4.25. The Hall–Kier alpha value is -3.58. The number of aryl methyl sites for hydroxylation is 3. The van der Waals surface area contributed by atoms with Crippen molar-refractivity contribution in [2.24, 2.45) is 0 Å². The van der Waals surface area contributed by atoms with Crippen LogP contribution >= 0.6 is 11.6 Å². The number of hydrogen-bond acceptors (Lipinski definition) is 7. The molecule has 0 radical (unpaired) electrons. The van der Waals surface area contributed by atoms with Gasteiger partial charge < -0.3 is 19.5 Å². The first-order chi connectivity index (χ1) is 16.5. The zero-order chi connectivity index (χ0) is 23.7. The summed E-state index contributed by atoms with van der Waals surface area (Å²) in [6.45, 7) is 7.41. The maximum atomic E-state index is 6.09. The normalized spacial score (nSPS) is 15.2. The average molecular weight is 476 g/mol. The maximum absolute atomic E-state index is 6.09. The van der Waals surface area contributed by atoms with Gasteiger partial charge in [0.1, 0.15) is 28.9 Å². The Balaban J connectivity index is 1.37. The van der Waals surface area contributed by atoms with Crippen LogP contribution in [0.15, 0.2) is 59.3 Å². The second-order valence-corrected chi connectivity index (χ2v) is 8.93. The lowest BCUT2D eigenvalue weighted by molar-refractivity contribution is 0.392. The summed E-state index contributed by atoms with van der Waals surface area (Å²) in [6, 6.07) is 15.4. The van der Waals surface area contributed by atoms with Crippen molar-refractivity contribution >= 4 is 23.1 Å². The van der Waals surface area contributed by atoms with Gasteiger partial charge in [0.25, 0.3) is 0 Å². The Bertz CT molecular complexity index is 1300. The minimum atomic E-state index is 0.0814. The van der Waals surface area contributed by atoms with Crippen LogP contribution in [-0.2, 0) is 6.54 Å². The van der Waals surface area contributed by atoms with Crippen molar-refractivity contribution in [3.05, 3.63) is 88.2 Å². The Morgan fingerprint density at radius 1 is 1.12 bits per heavy atom. The highest BCUT2D eigenvalue weighted by Gasteiger charge is 2.28. The largest absolute Gasteiger partial charge is 0.457 e. The molecule has 0 saturated carbocycles. The van der Waals surface area contributed by atoms with Gasteiger partial charge in [-0.25, -0.2) is 9.97 Å². The van der Waals surface area contributed by atoms with Crippen molar-refractivity contribution in [2.45, 2.75) is 39.8 Å². The average Bonchev–Trinajstić information content (AvgIpc) is 3.13. The third-order valence-corrected chi connectivity index (χ3v) is 6.25. The van der Waals surface area contributed by atoms with Gasteiger partial charge >= 0.3 is 0 Å². The molecule has 0 amide bonds. The molecule has 2 aromatic carbocycles. The molecule has 1 atom stereocenters. The van der Waals surface area contributed by atoms with Crippen LogP contribution in [0.4, 0.5) is 11.5 Å². The predicted molar refractivity (Wildman–Crippen MR) is 133 cm³/mol. The van der Waals surface area contributed by atoms with E-state index in [4.69, 9.17) is 25.8 Å². The number of rotatable bonds is 6. The van der Waals surface area contributed by atoms with E-state index in [-0.39, 0.29) is 6.04 Å². The van der Waals surface area contributed by atoms with E-state index in [1.165, 1.54) is 0 Å². The number of halogens is 1. The van der Waals surface area contributed by atoms with Gasteiger partial charge in [0, 0.05) is 47.2 Å². The topological polar surface area (TPSA) is 76.3 Å². The minimum Gasteiger partial charge on any atom is -0.457 e. The second kappa shape index (κ2) is 9.35. The fourth-order valence-corrected chi connectivity index (χ4v) is 4.43. The number of anilines is 2. The van der Waals surface area contributed by atoms with Gasteiger partial charge in [-0.2, -0.15) is 0 Å². The molecular formula is C26H26ClN5O2. The summed E-state index contributed by atoms with van der Waals surface area (Å²) in [6.07, 6.45) is 2.84. The third-order valence-electron chi connectivity index (χ3n) is 6.02. The van der Waals surface area contributed by atoms with Gasteiger partial charge in [-0.15, -0.1) is 0 Å². The minimum absolute atomic E-state index is 0.0814. The van der Waals surface area contributed by atoms with Crippen LogP contribution < -0.4 is 15.0 Å². The van der Waals surface area contributed by atoms with Crippen LogP contribution in [0.1, 0.15) is 40.9 Å². The van der Waals surface area contributed by atoms with Gasteiger partial charge in [-0.05, 0) is 57.5 Å². The van der Waals surface area contributed by atoms with E-state index in [0.717, 1.165) is 58.6 Å². The molecule has 2 aromatic heterocycles. The smallest absolute Gasteiger partial charge is 0.138 e. The highest BCUT2D eigenvalue weighted by atomic mass is 35.5. The van der Waals surface area contributed by atoms with Gasteiger partial charge in [0.2, 0.25) is 0 Å². The molecule has 3 heterocycles. The van der Waals surface area contributed by atoms with Crippen molar-refractivity contribution in [1.82, 2.24) is 15.1 Å². The molecule has 0 fully saturated rings. The molecule has 1 aliphatic rings. The molecule has 0 bridgehead atoms. The van der Waals surface area contributed by atoms with Crippen LogP contribution in [0.2, 0.25) is 5.02 Å². The van der Waals surface area contributed by atoms with Crippen LogP contribution in [0.3, 0.4) is 0 Å². The summed E-state index contributed by atoms with van der Waals surface area (Å²) in [7, 11) is 0. The zero-order valence-electron chi connectivity index (χ0n) is 19.4. The SMILES string of the molecule is Cc1ncc2c(n1)N(Cc1c(C)noc1C)CCC2Nc1cccc(Oc2cccc(Cl)c2)c1.